The van der Waals surface area contributed by atoms with Crippen LogP contribution in [-0.2, 0) is 20.8 Å². The van der Waals surface area contributed by atoms with Crippen molar-refractivity contribution < 1.29 is 29.7 Å². The Balaban J connectivity index is 0.000000466. The summed E-state index contributed by atoms with van der Waals surface area (Å²) in [6.07, 6.45) is 9.15. The van der Waals surface area contributed by atoms with Gasteiger partial charge in [-0.25, -0.2) is 9.59 Å². The lowest BCUT2D eigenvalue weighted by Gasteiger charge is -2.41. The molecule has 2 aliphatic rings. The molecular weight excluding hydrogens is 472 g/mol. The summed E-state index contributed by atoms with van der Waals surface area (Å²) in [6.45, 7) is 4.46. The molecule has 1 aromatic carbocycles. The van der Waals surface area contributed by atoms with E-state index in [9.17, 15) is 19.5 Å². The number of likely N-dealkylation sites (tertiary alicyclic amines) is 1. The van der Waals surface area contributed by atoms with Gasteiger partial charge in [0.25, 0.3) is 0 Å². The van der Waals surface area contributed by atoms with E-state index in [0.717, 1.165) is 43.9 Å². The molecule has 9 heteroatoms. The molecule has 0 bridgehead atoms. The van der Waals surface area contributed by atoms with Crippen LogP contribution in [0.2, 0.25) is 5.02 Å². The highest BCUT2D eigenvalue weighted by molar-refractivity contribution is 6.31. The van der Waals surface area contributed by atoms with Crippen LogP contribution in [0.5, 0.6) is 0 Å². The first-order chi connectivity index (χ1) is 16.6. The van der Waals surface area contributed by atoms with E-state index in [1.165, 1.54) is 24.8 Å². The standard InChI is InChI=1S/C22H33ClN2O2.C4H4O4/c1-17(21(26)24-19-8-3-2-4-9-19)22(27)12-15-25(16-13-22)14-11-18-7-5-6-10-20(18)23;5-3(6)1-2-4(7)8/h5-7,10,17,19,27H,2-4,8-9,11-16H2,1H3,(H,24,26);1-2H,(H,5,6)(H,7,8)/b;2-1-. The van der Waals surface area contributed by atoms with E-state index in [2.05, 4.69) is 16.3 Å². The number of carbonyl (C=O) groups excluding carboxylic acids is 1. The van der Waals surface area contributed by atoms with Gasteiger partial charge in [-0.15, -0.1) is 0 Å². The zero-order valence-corrected chi connectivity index (χ0v) is 21.0. The van der Waals surface area contributed by atoms with Gasteiger partial charge in [-0.05, 0) is 43.7 Å². The highest BCUT2D eigenvalue weighted by Gasteiger charge is 2.41. The van der Waals surface area contributed by atoms with Gasteiger partial charge in [0.15, 0.2) is 0 Å². The van der Waals surface area contributed by atoms with Crippen LogP contribution in [0.4, 0.5) is 0 Å². The van der Waals surface area contributed by atoms with Crippen molar-refractivity contribution in [1.29, 1.82) is 0 Å². The molecule has 0 aromatic heterocycles. The Bertz CT molecular complexity index is 860. The number of nitrogens with one attached hydrogen (secondary N) is 1. The van der Waals surface area contributed by atoms with Gasteiger partial charge in [0.2, 0.25) is 5.91 Å². The smallest absolute Gasteiger partial charge is 0.328 e. The Kier molecular flexibility index (Phi) is 11.7. The summed E-state index contributed by atoms with van der Waals surface area (Å²) < 4.78 is 0. The molecule has 4 N–H and O–H groups in total. The molecule has 2 fully saturated rings. The molecule has 8 nitrogen and oxygen atoms in total. The van der Waals surface area contributed by atoms with Gasteiger partial charge in [0.05, 0.1) is 11.5 Å². The number of hydrogen-bond donors (Lipinski definition) is 4. The van der Waals surface area contributed by atoms with E-state index >= 15 is 0 Å². The van der Waals surface area contributed by atoms with E-state index in [-0.39, 0.29) is 11.8 Å². The average Bonchev–Trinajstić information content (AvgIpc) is 2.84. The number of rotatable bonds is 8. The topological polar surface area (TPSA) is 127 Å². The molecule has 1 unspecified atom stereocenters. The summed E-state index contributed by atoms with van der Waals surface area (Å²) in [5, 5.41) is 30.7. The van der Waals surface area contributed by atoms with Crippen molar-refractivity contribution in [3.63, 3.8) is 0 Å². The van der Waals surface area contributed by atoms with E-state index in [1.54, 1.807) is 0 Å². The van der Waals surface area contributed by atoms with Gasteiger partial charge in [0, 0.05) is 42.9 Å². The molecule has 194 valence electrons. The van der Waals surface area contributed by atoms with E-state index < -0.39 is 17.5 Å². The van der Waals surface area contributed by atoms with Crippen molar-refractivity contribution in [3.8, 4) is 0 Å². The second-order valence-electron chi connectivity index (χ2n) is 9.36. The van der Waals surface area contributed by atoms with Crippen LogP contribution in [0.15, 0.2) is 36.4 Å². The van der Waals surface area contributed by atoms with E-state index in [1.807, 2.05) is 25.1 Å². The van der Waals surface area contributed by atoms with Gasteiger partial charge in [-0.1, -0.05) is 56.0 Å². The molecular formula is C26H37ClN2O6. The highest BCUT2D eigenvalue weighted by Crippen LogP contribution is 2.31. The number of aliphatic carboxylic acids is 2. The molecule has 1 amide bonds. The monoisotopic (exact) mass is 508 g/mol. The minimum atomic E-state index is -1.26. The first-order valence-corrected chi connectivity index (χ1v) is 12.6. The SMILES string of the molecule is CC(C(=O)NC1CCCCC1)C1(O)CCN(CCc2ccccc2Cl)CC1.O=C(O)/C=C\C(=O)O. The average molecular weight is 509 g/mol. The lowest BCUT2D eigenvalue weighted by Crippen LogP contribution is -2.53. The second kappa shape index (κ2) is 14.2. The Labute approximate surface area is 212 Å². The minimum absolute atomic E-state index is 0.0221. The van der Waals surface area contributed by atoms with E-state index in [0.29, 0.717) is 31.0 Å². The summed E-state index contributed by atoms with van der Waals surface area (Å²) in [6, 6.07) is 8.27. The van der Waals surface area contributed by atoms with Gasteiger partial charge in [-0.2, -0.15) is 0 Å². The third-order valence-corrected chi connectivity index (χ3v) is 7.27. The first-order valence-electron chi connectivity index (χ1n) is 12.2. The lowest BCUT2D eigenvalue weighted by atomic mass is 9.79. The molecule has 1 aliphatic heterocycles. The van der Waals surface area contributed by atoms with Crippen LogP contribution in [0, 0.1) is 5.92 Å². The van der Waals surface area contributed by atoms with Crippen molar-refractivity contribution in [2.45, 2.75) is 69.9 Å². The number of carboxylic acid groups (broad SMARTS) is 2. The maximum Gasteiger partial charge on any atom is 0.328 e. The normalized spacial score (nSPS) is 19.4. The molecule has 1 aliphatic carbocycles. The maximum absolute atomic E-state index is 12.6. The summed E-state index contributed by atoms with van der Waals surface area (Å²) >= 11 is 6.24. The summed E-state index contributed by atoms with van der Waals surface area (Å²) in [7, 11) is 0. The fourth-order valence-electron chi connectivity index (χ4n) is 4.54. The second-order valence-corrected chi connectivity index (χ2v) is 9.77. The van der Waals surface area contributed by atoms with Crippen LogP contribution in [0.25, 0.3) is 0 Å². The molecule has 1 atom stereocenters. The van der Waals surface area contributed by atoms with Crippen LogP contribution in [-0.4, -0.2) is 69.3 Å². The predicted molar refractivity (Wildman–Crippen MR) is 134 cm³/mol. The Hall–Kier alpha value is -2.42. The van der Waals surface area contributed by atoms with Crippen molar-refractivity contribution in [2.75, 3.05) is 19.6 Å². The number of benzene rings is 1. The zero-order chi connectivity index (χ0) is 25.8. The predicted octanol–water partition coefficient (Wildman–Crippen LogP) is 3.51. The van der Waals surface area contributed by atoms with Crippen LogP contribution in [0.3, 0.4) is 0 Å². The maximum atomic E-state index is 12.6. The molecule has 35 heavy (non-hydrogen) atoms. The minimum Gasteiger partial charge on any atom is -0.478 e. The van der Waals surface area contributed by atoms with Gasteiger partial charge >= 0.3 is 11.9 Å². The number of carboxylic acids is 2. The van der Waals surface area contributed by atoms with Crippen molar-refractivity contribution >= 4 is 29.4 Å². The summed E-state index contributed by atoms with van der Waals surface area (Å²) in [5.74, 6) is -2.85. The number of aliphatic hydroxyl groups is 1. The molecule has 1 aromatic rings. The zero-order valence-electron chi connectivity index (χ0n) is 20.3. The summed E-state index contributed by atoms with van der Waals surface area (Å²) in [5.41, 5.74) is 0.278. The number of piperidine rings is 1. The highest BCUT2D eigenvalue weighted by atomic mass is 35.5. The molecule has 1 saturated carbocycles. The number of amides is 1. The van der Waals surface area contributed by atoms with Crippen molar-refractivity contribution in [1.82, 2.24) is 10.2 Å². The van der Waals surface area contributed by atoms with Crippen LogP contribution in [0.1, 0.15) is 57.4 Å². The number of nitrogens with zero attached hydrogens (tertiary/aromatic N) is 1. The fraction of sp³-hybridized carbons (Fsp3) is 0.577. The molecule has 1 heterocycles. The van der Waals surface area contributed by atoms with E-state index in [4.69, 9.17) is 21.8 Å². The van der Waals surface area contributed by atoms with Crippen LogP contribution < -0.4 is 5.32 Å². The number of hydrogen-bond acceptors (Lipinski definition) is 5. The fourth-order valence-corrected chi connectivity index (χ4v) is 4.77. The third-order valence-electron chi connectivity index (χ3n) is 6.90. The van der Waals surface area contributed by atoms with Gasteiger partial charge in [-0.3, -0.25) is 4.79 Å². The number of carbonyl (C=O) groups is 3. The summed E-state index contributed by atoms with van der Waals surface area (Å²) in [4.78, 5) is 34.1. The first kappa shape index (κ1) is 28.8. The third kappa shape index (κ3) is 9.99. The Morgan fingerprint density at radius 2 is 1.66 bits per heavy atom. The molecule has 0 radical (unpaired) electrons. The molecule has 1 saturated heterocycles. The Morgan fingerprint density at radius 3 is 2.20 bits per heavy atom. The Morgan fingerprint density at radius 1 is 1.09 bits per heavy atom. The van der Waals surface area contributed by atoms with Gasteiger partial charge < -0.3 is 25.5 Å². The quantitative estimate of drug-likeness (QED) is 0.396. The largest absolute Gasteiger partial charge is 0.478 e. The number of halogens is 1. The lowest BCUT2D eigenvalue weighted by molar-refractivity contribution is -0.138. The van der Waals surface area contributed by atoms with Crippen molar-refractivity contribution in [2.24, 2.45) is 5.92 Å². The molecule has 0 spiro atoms. The van der Waals surface area contributed by atoms with Crippen LogP contribution >= 0.6 is 11.6 Å². The van der Waals surface area contributed by atoms with Gasteiger partial charge in [0.1, 0.15) is 0 Å². The molecule has 3 rings (SSSR count). The van der Waals surface area contributed by atoms with Crippen molar-refractivity contribution in [3.05, 3.63) is 47.0 Å².